The summed E-state index contributed by atoms with van der Waals surface area (Å²) in [5.74, 6) is 0.664. The molecule has 0 bridgehead atoms. The van der Waals surface area contributed by atoms with Gasteiger partial charge in [0.25, 0.3) is 0 Å². The van der Waals surface area contributed by atoms with E-state index in [4.69, 9.17) is 0 Å². The lowest BCUT2D eigenvalue weighted by molar-refractivity contribution is -0.120. The van der Waals surface area contributed by atoms with Crippen LogP contribution in [0.5, 0.6) is 0 Å². The molecule has 0 aromatic carbocycles. The summed E-state index contributed by atoms with van der Waals surface area (Å²) in [5, 5.41) is 5.85. The molecule has 0 saturated carbocycles. The van der Waals surface area contributed by atoms with Crippen LogP contribution in [0.4, 0.5) is 5.95 Å². The number of nitrogens with zero attached hydrogens (tertiary/aromatic N) is 2. The van der Waals surface area contributed by atoms with Crippen molar-refractivity contribution in [3.8, 4) is 0 Å². The predicted molar refractivity (Wildman–Crippen MR) is 72.4 cm³/mol. The van der Waals surface area contributed by atoms with Crippen molar-refractivity contribution in [2.75, 3.05) is 18.4 Å². The molecule has 1 amide bonds. The SMILES string of the molecule is C=CCNC(=O)CCCNc1nc(C)cc(C)n1. The number of nitrogens with one attached hydrogen (secondary N) is 2. The smallest absolute Gasteiger partial charge is 0.223 e. The van der Waals surface area contributed by atoms with Gasteiger partial charge < -0.3 is 10.6 Å². The summed E-state index contributed by atoms with van der Waals surface area (Å²) in [6.45, 7) is 8.61. The molecule has 18 heavy (non-hydrogen) atoms. The summed E-state index contributed by atoms with van der Waals surface area (Å²) in [6.07, 6.45) is 2.91. The average Bonchev–Trinajstić information content (AvgIpc) is 2.31. The topological polar surface area (TPSA) is 66.9 Å². The van der Waals surface area contributed by atoms with E-state index < -0.39 is 0 Å². The van der Waals surface area contributed by atoms with Gasteiger partial charge in [0.1, 0.15) is 0 Å². The summed E-state index contributed by atoms with van der Waals surface area (Å²) in [6, 6.07) is 1.92. The van der Waals surface area contributed by atoms with Crippen LogP contribution in [0, 0.1) is 13.8 Å². The van der Waals surface area contributed by atoms with Gasteiger partial charge in [0.15, 0.2) is 0 Å². The second-order valence-corrected chi connectivity index (χ2v) is 4.10. The van der Waals surface area contributed by atoms with Gasteiger partial charge in [0, 0.05) is 30.9 Å². The number of carbonyl (C=O) groups is 1. The molecule has 5 heteroatoms. The molecule has 0 saturated heterocycles. The van der Waals surface area contributed by atoms with Crippen molar-refractivity contribution >= 4 is 11.9 Å². The maximum atomic E-state index is 11.3. The first-order valence-corrected chi connectivity index (χ1v) is 6.05. The van der Waals surface area contributed by atoms with Gasteiger partial charge in [-0.3, -0.25) is 4.79 Å². The fourth-order valence-electron chi connectivity index (χ4n) is 1.53. The second-order valence-electron chi connectivity index (χ2n) is 4.10. The van der Waals surface area contributed by atoms with Crippen LogP contribution in [0.15, 0.2) is 18.7 Å². The minimum atomic E-state index is 0.0399. The number of amides is 1. The molecular weight excluding hydrogens is 228 g/mol. The van der Waals surface area contributed by atoms with Crippen LogP contribution in [0.25, 0.3) is 0 Å². The van der Waals surface area contributed by atoms with Crippen molar-refractivity contribution in [2.45, 2.75) is 26.7 Å². The molecule has 1 rings (SSSR count). The van der Waals surface area contributed by atoms with Crippen LogP contribution >= 0.6 is 0 Å². The van der Waals surface area contributed by atoms with Gasteiger partial charge in [-0.25, -0.2) is 9.97 Å². The molecule has 1 heterocycles. The van der Waals surface area contributed by atoms with Crippen LogP contribution in [0.3, 0.4) is 0 Å². The molecule has 0 aliphatic heterocycles. The number of anilines is 1. The van der Waals surface area contributed by atoms with Crippen molar-refractivity contribution in [3.63, 3.8) is 0 Å². The normalized spacial score (nSPS) is 9.89. The second kappa shape index (κ2) is 7.42. The molecule has 98 valence electrons. The van der Waals surface area contributed by atoms with Crippen LogP contribution in [-0.4, -0.2) is 29.0 Å². The van der Waals surface area contributed by atoms with E-state index in [9.17, 15) is 4.79 Å². The Labute approximate surface area is 108 Å². The first kappa shape index (κ1) is 14.2. The number of aryl methyl sites for hydroxylation is 2. The van der Waals surface area contributed by atoms with Crippen molar-refractivity contribution in [3.05, 3.63) is 30.1 Å². The summed E-state index contributed by atoms with van der Waals surface area (Å²) < 4.78 is 0. The molecule has 0 fully saturated rings. The zero-order chi connectivity index (χ0) is 13.4. The average molecular weight is 248 g/mol. The van der Waals surface area contributed by atoms with Crippen molar-refractivity contribution in [1.29, 1.82) is 0 Å². The maximum Gasteiger partial charge on any atom is 0.223 e. The molecular formula is C13H20N4O. The first-order chi connectivity index (χ1) is 8.61. The maximum absolute atomic E-state index is 11.3. The quantitative estimate of drug-likeness (QED) is 0.568. The minimum absolute atomic E-state index is 0.0399. The van der Waals surface area contributed by atoms with E-state index in [0.29, 0.717) is 25.5 Å². The highest BCUT2D eigenvalue weighted by Gasteiger charge is 2.01. The Hall–Kier alpha value is -1.91. The Kier molecular flexibility index (Phi) is 5.84. The molecule has 0 aliphatic rings. The molecule has 1 aromatic rings. The van der Waals surface area contributed by atoms with Gasteiger partial charge in [-0.2, -0.15) is 0 Å². The monoisotopic (exact) mass is 248 g/mol. The van der Waals surface area contributed by atoms with E-state index in [1.165, 1.54) is 0 Å². The fourth-order valence-corrected chi connectivity index (χ4v) is 1.53. The number of rotatable bonds is 7. The highest BCUT2D eigenvalue weighted by Crippen LogP contribution is 2.03. The summed E-state index contributed by atoms with van der Waals surface area (Å²) in [7, 11) is 0. The van der Waals surface area contributed by atoms with E-state index in [-0.39, 0.29) is 5.91 Å². The Morgan fingerprint density at radius 3 is 2.67 bits per heavy atom. The van der Waals surface area contributed by atoms with E-state index in [1.807, 2.05) is 19.9 Å². The first-order valence-electron chi connectivity index (χ1n) is 6.05. The zero-order valence-corrected chi connectivity index (χ0v) is 11.0. The van der Waals surface area contributed by atoms with E-state index in [0.717, 1.165) is 17.8 Å². The summed E-state index contributed by atoms with van der Waals surface area (Å²) in [5.41, 5.74) is 1.88. The molecule has 5 nitrogen and oxygen atoms in total. The lowest BCUT2D eigenvalue weighted by atomic mass is 10.3. The van der Waals surface area contributed by atoms with Gasteiger partial charge in [-0.05, 0) is 26.3 Å². The number of hydrogen-bond donors (Lipinski definition) is 2. The molecule has 0 unspecified atom stereocenters. The van der Waals surface area contributed by atoms with Gasteiger partial charge >= 0.3 is 0 Å². The van der Waals surface area contributed by atoms with E-state index in [2.05, 4.69) is 27.2 Å². The Morgan fingerprint density at radius 2 is 2.06 bits per heavy atom. The van der Waals surface area contributed by atoms with Crippen molar-refractivity contribution in [2.24, 2.45) is 0 Å². The third kappa shape index (κ3) is 5.43. The lowest BCUT2D eigenvalue weighted by Gasteiger charge is -2.06. The summed E-state index contributed by atoms with van der Waals surface area (Å²) >= 11 is 0. The highest BCUT2D eigenvalue weighted by atomic mass is 16.1. The van der Waals surface area contributed by atoms with Gasteiger partial charge in [-0.1, -0.05) is 6.08 Å². The number of aromatic nitrogens is 2. The van der Waals surface area contributed by atoms with E-state index in [1.54, 1.807) is 6.08 Å². The standard InChI is InChI=1S/C13H20N4O/c1-4-7-14-12(18)6-5-8-15-13-16-10(2)9-11(3)17-13/h4,9H,1,5-8H2,2-3H3,(H,14,18)(H,15,16,17). The Balaban J connectivity index is 2.25. The van der Waals surface area contributed by atoms with Crippen molar-refractivity contribution < 1.29 is 4.79 Å². The Bertz CT molecular complexity index is 397. The van der Waals surface area contributed by atoms with Gasteiger partial charge in [0.05, 0.1) is 0 Å². The fraction of sp³-hybridized carbons (Fsp3) is 0.462. The van der Waals surface area contributed by atoms with Crippen LogP contribution in [-0.2, 0) is 4.79 Å². The Morgan fingerprint density at radius 1 is 1.39 bits per heavy atom. The molecule has 0 atom stereocenters. The largest absolute Gasteiger partial charge is 0.354 e. The predicted octanol–water partition coefficient (Wildman–Crippen LogP) is 1.59. The number of carbonyl (C=O) groups excluding carboxylic acids is 1. The molecule has 0 spiro atoms. The van der Waals surface area contributed by atoms with Crippen molar-refractivity contribution in [1.82, 2.24) is 15.3 Å². The van der Waals surface area contributed by atoms with Gasteiger partial charge in [-0.15, -0.1) is 6.58 Å². The third-order valence-corrected chi connectivity index (χ3v) is 2.29. The van der Waals surface area contributed by atoms with Crippen LogP contribution in [0.1, 0.15) is 24.2 Å². The van der Waals surface area contributed by atoms with E-state index >= 15 is 0 Å². The highest BCUT2D eigenvalue weighted by molar-refractivity contribution is 5.75. The van der Waals surface area contributed by atoms with Crippen LogP contribution in [0.2, 0.25) is 0 Å². The lowest BCUT2D eigenvalue weighted by Crippen LogP contribution is -2.23. The van der Waals surface area contributed by atoms with Gasteiger partial charge in [0.2, 0.25) is 11.9 Å². The molecule has 1 aromatic heterocycles. The summed E-state index contributed by atoms with van der Waals surface area (Å²) in [4.78, 5) is 19.8. The molecule has 2 N–H and O–H groups in total. The van der Waals surface area contributed by atoms with Crippen LogP contribution < -0.4 is 10.6 Å². The third-order valence-electron chi connectivity index (χ3n) is 2.29. The number of hydrogen-bond acceptors (Lipinski definition) is 4. The minimum Gasteiger partial charge on any atom is -0.354 e. The molecule has 0 aliphatic carbocycles. The molecule has 0 radical (unpaired) electrons. The zero-order valence-electron chi connectivity index (χ0n) is 11.0.